The third-order valence-corrected chi connectivity index (χ3v) is 6.67. The summed E-state index contributed by atoms with van der Waals surface area (Å²) in [5, 5.41) is 0. The van der Waals surface area contributed by atoms with Crippen LogP contribution in [-0.4, -0.2) is 55.1 Å². The van der Waals surface area contributed by atoms with Gasteiger partial charge in [0.15, 0.2) is 0 Å². The summed E-state index contributed by atoms with van der Waals surface area (Å²) in [4.78, 5) is 17.1. The molecule has 25 heavy (non-hydrogen) atoms. The minimum absolute atomic E-state index is 0.348. The molecule has 1 atom stereocenters. The average molecular weight is 346 g/mol. The van der Waals surface area contributed by atoms with E-state index < -0.39 is 0 Å². The second-order valence-corrected chi connectivity index (χ2v) is 8.08. The molecule has 1 aromatic rings. The summed E-state index contributed by atoms with van der Waals surface area (Å²) in [6, 6.07) is 4.13. The first kappa shape index (κ1) is 17.1. The van der Waals surface area contributed by atoms with Gasteiger partial charge in [-0.25, -0.2) is 0 Å². The van der Waals surface area contributed by atoms with Crippen molar-refractivity contribution in [1.29, 1.82) is 0 Å². The zero-order valence-corrected chi connectivity index (χ0v) is 15.3. The number of ether oxygens (including phenoxy) is 1. The van der Waals surface area contributed by atoms with Crippen molar-refractivity contribution < 1.29 is 13.9 Å². The van der Waals surface area contributed by atoms with Crippen molar-refractivity contribution in [2.45, 2.75) is 45.6 Å². The predicted octanol–water partition coefficient (Wildman–Crippen LogP) is 2.83. The van der Waals surface area contributed by atoms with Crippen LogP contribution in [0.5, 0.6) is 0 Å². The van der Waals surface area contributed by atoms with Crippen LogP contribution in [0.15, 0.2) is 16.5 Å². The molecule has 138 valence electrons. The van der Waals surface area contributed by atoms with Crippen molar-refractivity contribution >= 4 is 5.91 Å². The van der Waals surface area contributed by atoms with Gasteiger partial charge >= 0.3 is 0 Å². The zero-order valence-electron chi connectivity index (χ0n) is 15.3. The number of morpholine rings is 1. The van der Waals surface area contributed by atoms with Gasteiger partial charge < -0.3 is 14.1 Å². The number of hydrogen-bond donors (Lipinski definition) is 0. The number of carbonyl (C=O) groups is 1. The van der Waals surface area contributed by atoms with Gasteiger partial charge in [-0.15, -0.1) is 0 Å². The molecule has 2 aliphatic heterocycles. The molecule has 5 nitrogen and oxygen atoms in total. The number of aryl methyl sites for hydroxylation is 1. The average Bonchev–Trinajstić information content (AvgIpc) is 3.05. The second-order valence-electron chi connectivity index (χ2n) is 8.08. The van der Waals surface area contributed by atoms with E-state index in [1.54, 1.807) is 0 Å². The standard InChI is InChI=1S/C20H30N2O3/c1-16-2-3-18(25-16)15-21-8-6-20(7-9-21)5-4-17(20)14-19(23)22-10-12-24-13-11-22/h2-3,17H,4-15H2,1H3. The number of furan rings is 1. The van der Waals surface area contributed by atoms with Crippen molar-refractivity contribution in [3.05, 3.63) is 23.7 Å². The van der Waals surface area contributed by atoms with Gasteiger partial charge in [0, 0.05) is 19.5 Å². The Kier molecular flexibility index (Phi) is 4.87. The van der Waals surface area contributed by atoms with Gasteiger partial charge in [-0.1, -0.05) is 0 Å². The van der Waals surface area contributed by atoms with E-state index in [0.717, 1.165) is 50.7 Å². The molecule has 2 saturated heterocycles. The molecule has 1 saturated carbocycles. The van der Waals surface area contributed by atoms with Crippen LogP contribution < -0.4 is 0 Å². The van der Waals surface area contributed by atoms with Crippen molar-refractivity contribution in [3.63, 3.8) is 0 Å². The minimum Gasteiger partial charge on any atom is -0.465 e. The highest BCUT2D eigenvalue weighted by atomic mass is 16.5. The summed E-state index contributed by atoms with van der Waals surface area (Å²) in [6.45, 7) is 8.11. The fourth-order valence-electron chi connectivity index (χ4n) is 4.83. The lowest BCUT2D eigenvalue weighted by Gasteiger charge is -2.54. The van der Waals surface area contributed by atoms with Crippen LogP contribution in [0.3, 0.4) is 0 Å². The second kappa shape index (κ2) is 7.12. The Balaban J connectivity index is 1.27. The fourth-order valence-corrected chi connectivity index (χ4v) is 4.83. The maximum Gasteiger partial charge on any atom is 0.223 e. The fraction of sp³-hybridized carbons (Fsp3) is 0.750. The normalized spacial score (nSPS) is 26.6. The highest BCUT2D eigenvalue weighted by Gasteiger charge is 2.48. The van der Waals surface area contributed by atoms with Crippen LogP contribution in [0.1, 0.15) is 43.6 Å². The molecule has 4 rings (SSSR count). The highest BCUT2D eigenvalue weighted by Crippen LogP contribution is 2.55. The summed E-state index contributed by atoms with van der Waals surface area (Å²) in [5.41, 5.74) is 0.428. The van der Waals surface area contributed by atoms with E-state index in [9.17, 15) is 4.79 Å². The molecule has 0 radical (unpaired) electrons. The molecule has 3 heterocycles. The summed E-state index contributed by atoms with van der Waals surface area (Å²) in [5.74, 6) is 3.00. The van der Waals surface area contributed by atoms with Gasteiger partial charge in [-0.05, 0) is 69.2 Å². The quantitative estimate of drug-likeness (QED) is 0.841. The van der Waals surface area contributed by atoms with E-state index in [4.69, 9.17) is 9.15 Å². The Labute approximate surface area is 150 Å². The van der Waals surface area contributed by atoms with Crippen LogP contribution in [0.4, 0.5) is 0 Å². The first-order valence-corrected chi connectivity index (χ1v) is 9.78. The number of carbonyl (C=O) groups excluding carboxylic acids is 1. The number of hydrogen-bond acceptors (Lipinski definition) is 4. The molecule has 1 aromatic heterocycles. The molecule has 1 spiro atoms. The molecule has 1 unspecified atom stereocenters. The molecule has 3 fully saturated rings. The largest absolute Gasteiger partial charge is 0.465 e. The van der Waals surface area contributed by atoms with Crippen LogP contribution in [0.25, 0.3) is 0 Å². The Hall–Kier alpha value is -1.33. The third-order valence-electron chi connectivity index (χ3n) is 6.67. The molecular formula is C20H30N2O3. The van der Waals surface area contributed by atoms with Crippen LogP contribution in [0.2, 0.25) is 0 Å². The summed E-state index contributed by atoms with van der Waals surface area (Å²) >= 11 is 0. The Morgan fingerprint density at radius 1 is 1.16 bits per heavy atom. The molecule has 1 aliphatic carbocycles. The lowest BCUT2D eigenvalue weighted by molar-refractivity contribution is -0.141. The molecule has 0 aromatic carbocycles. The Bertz CT molecular complexity index is 598. The molecule has 0 bridgehead atoms. The topological polar surface area (TPSA) is 45.9 Å². The van der Waals surface area contributed by atoms with E-state index in [1.807, 2.05) is 17.9 Å². The number of amides is 1. The maximum atomic E-state index is 12.6. The zero-order chi connectivity index (χ0) is 17.3. The van der Waals surface area contributed by atoms with Crippen LogP contribution >= 0.6 is 0 Å². The number of nitrogens with zero attached hydrogens (tertiary/aromatic N) is 2. The van der Waals surface area contributed by atoms with E-state index in [2.05, 4.69) is 11.0 Å². The third kappa shape index (κ3) is 3.63. The van der Waals surface area contributed by atoms with Crippen LogP contribution in [0, 0.1) is 18.3 Å². The van der Waals surface area contributed by atoms with E-state index >= 15 is 0 Å². The predicted molar refractivity (Wildman–Crippen MR) is 95.1 cm³/mol. The van der Waals surface area contributed by atoms with Crippen molar-refractivity contribution in [2.75, 3.05) is 39.4 Å². The molecule has 3 aliphatic rings. The summed E-state index contributed by atoms with van der Waals surface area (Å²) in [7, 11) is 0. The smallest absolute Gasteiger partial charge is 0.223 e. The minimum atomic E-state index is 0.348. The number of piperidine rings is 1. The number of likely N-dealkylation sites (tertiary alicyclic amines) is 1. The monoisotopic (exact) mass is 346 g/mol. The first-order valence-electron chi connectivity index (χ1n) is 9.78. The van der Waals surface area contributed by atoms with Gasteiger partial charge in [-0.2, -0.15) is 0 Å². The van der Waals surface area contributed by atoms with E-state index in [0.29, 0.717) is 30.5 Å². The molecule has 5 heteroatoms. The summed E-state index contributed by atoms with van der Waals surface area (Å²) in [6.07, 6.45) is 5.74. The van der Waals surface area contributed by atoms with Gasteiger partial charge in [0.2, 0.25) is 5.91 Å². The van der Waals surface area contributed by atoms with Crippen molar-refractivity contribution in [2.24, 2.45) is 11.3 Å². The SMILES string of the molecule is Cc1ccc(CN2CCC3(CCC3CC(=O)N3CCOCC3)CC2)o1. The van der Waals surface area contributed by atoms with Crippen molar-refractivity contribution in [3.8, 4) is 0 Å². The lowest BCUT2D eigenvalue weighted by Crippen LogP contribution is -2.51. The summed E-state index contributed by atoms with van der Waals surface area (Å²) < 4.78 is 11.1. The van der Waals surface area contributed by atoms with Crippen LogP contribution in [-0.2, 0) is 16.1 Å². The highest BCUT2D eigenvalue weighted by molar-refractivity contribution is 5.76. The van der Waals surface area contributed by atoms with Gasteiger partial charge in [0.25, 0.3) is 0 Å². The van der Waals surface area contributed by atoms with Gasteiger partial charge in [0.05, 0.1) is 19.8 Å². The Morgan fingerprint density at radius 3 is 2.52 bits per heavy atom. The van der Waals surface area contributed by atoms with Gasteiger partial charge in [0.1, 0.15) is 11.5 Å². The molecule has 0 N–H and O–H groups in total. The van der Waals surface area contributed by atoms with Gasteiger partial charge in [-0.3, -0.25) is 9.69 Å². The lowest BCUT2D eigenvalue weighted by atomic mass is 9.54. The van der Waals surface area contributed by atoms with E-state index in [-0.39, 0.29) is 0 Å². The van der Waals surface area contributed by atoms with Crippen molar-refractivity contribution in [1.82, 2.24) is 9.80 Å². The maximum absolute atomic E-state index is 12.6. The first-order chi connectivity index (χ1) is 12.1. The number of rotatable bonds is 4. The van der Waals surface area contributed by atoms with E-state index in [1.165, 1.54) is 25.7 Å². The molecule has 1 amide bonds. The Morgan fingerprint density at radius 2 is 1.92 bits per heavy atom. The molecular weight excluding hydrogens is 316 g/mol.